The van der Waals surface area contributed by atoms with E-state index in [0.717, 1.165) is 19.3 Å². The van der Waals surface area contributed by atoms with Crippen molar-refractivity contribution in [3.63, 3.8) is 0 Å². The number of nitrogens with two attached hydrogens (primary N) is 1. The Bertz CT molecular complexity index is 270. The molecule has 1 heterocycles. The van der Waals surface area contributed by atoms with Crippen molar-refractivity contribution in [2.24, 2.45) is 5.73 Å². The first kappa shape index (κ1) is 14.1. The Labute approximate surface area is 98.3 Å². The van der Waals surface area contributed by atoms with Crippen LogP contribution in [-0.4, -0.2) is 42.3 Å². The van der Waals surface area contributed by atoms with Crippen molar-refractivity contribution in [1.82, 2.24) is 10.2 Å². The maximum absolute atomic E-state index is 12.0. The quantitative estimate of drug-likeness (QED) is 0.782. The molecule has 3 N–H and O–H groups in total. The van der Waals surface area contributed by atoms with Crippen LogP contribution in [0.2, 0.25) is 0 Å². The van der Waals surface area contributed by atoms with E-state index in [9.17, 15) is 18.0 Å². The van der Waals surface area contributed by atoms with Gasteiger partial charge in [0, 0.05) is 18.6 Å². The molecular weight excluding hydrogens is 235 g/mol. The van der Waals surface area contributed by atoms with Crippen molar-refractivity contribution < 1.29 is 18.0 Å². The standard InChI is InChI=1S/C10H18F3N3O/c1-7-3-2-4-8(5-14)16(7)9(17)15-6-10(11,12)13/h7-8H,2-6,14H2,1H3,(H,15,17). The fourth-order valence-corrected chi connectivity index (χ4v) is 2.15. The monoisotopic (exact) mass is 253 g/mol. The summed E-state index contributed by atoms with van der Waals surface area (Å²) in [6.07, 6.45) is -1.88. The SMILES string of the molecule is CC1CCCC(CN)N1C(=O)NCC(F)(F)F. The molecule has 1 aliphatic heterocycles. The number of nitrogens with zero attached hydrogens (tertiary/aromatic N) is 1. The van der Waals surface area contributed by atoms with Crippen molar-refractivity contribution in [2.45, 2.75) is 44.4 Å². The van der Waals surface area contributed by atoms with E-state index >= 15 is 0 Å². The van der Waals surface area contributed by atoms with Crippen LogP contribution in [0.15, 0.2) is 0 Å². The number of piperidine rings is 1. The normalized spacial score (nSPS) is 25.8. The molecule has 4 nitrogen and oxygen atoms in total. The Kier molecular flexibility index (Phi) is 4.62. The van der Waals surface area contributed by atoms with Crippen molar-refractivity contribution in [2.75, 3.05) is 13.1 Å². The molecular formula is C10H18F3N3O. The predicted molar refractivity (Wildman–Crippen MR) is 57.4 cm³/mol. The van der Waals surface area contributed by atoms with Crippen LogP contribution in [0, 0.1) is 0 Å². The molecule has 0 radical (unpaired) electrons. The Hall–Kier alpha value is -0.980. The van der Waals surface area contributed by atoms with Gasteiger partial charge in [-0.2, -0.15) is 13.2 Å². The average molecular weight is 253 g/mol. The zero-order valence-electron chi connectivity index (χ0n) is 9.76. The van der Waals surface area contributed by atoms with E-state index in [2.05, 4.69) is 0 Å². The van der Waals surface area contributed by atoms with Gasteiger partial charge >= 0.3 is 12.2 Å². The topological polar surface area (TPSA) is 58.4 Å². The average Bonchev–Trinajstić information content (AvgIpc) is 2.24. The fourth-order valence-electron chi connectivity index (χ4n) is 2.15. The van der Waals surface area contributed by atoms with Crippen LogP contribution in [0.25, 0.3) is 0 Å². The molecule has 0 aromatic rings. The second kappa shape index (κ2) is 5.57. The van der Waals surface area contributed by atoms with E-state index in [0.29, 0.717) is 0 Å². The molecule has 100 valence electrons. The minimum Gasteiger partial charge on any atom is -0.329 e. The molecule has 1 aliphatic rings. The van der Waals surface area contributed by atoms with E-state index in [1.165, 1.54) is 4.90 Å². The van der Waals surface area contributed by atoms with E-state index in [-0.39, 0.29) is 18.6 Å². The second-order valence-corrected chi connectivity index (χ2v) is 4.35. The van der Waals surface area contributed by atoms with Crippen LogP contribution in [0.3, 0.4) is 0 Å². The lowest BCUT2D eigenvalue weighted by atomic mass is 9.97. The zero-order valence-corrected chi connectivity index (χ0v) is 9.76. The number of nitrogens with one attached hydrogen (secondary N) is 1. The molecule has 1 saturated heterocycles. The Morgan fingerprint density at radius 3 is 2.65 bits per heavy atom. The Balaban J connectivity index is 2.58. The summed E-state index contributed by atoms with van der Waals surface area (Å²) in [4.78, 5) is 13.1. The third-order valence-electron chi connectivity index (χ3n) is 2.97. The lowest BCUT2D eigenvalue weighted by Gasteiger charge is -2.40. The van der Waals surface area contributed by atoms with E-state index in [1.807, 2.05) is 12.2 Å². The molecule has 7 heteroatoms. The smallest absolute Gasteiger partial charge is 0.329 e. The summed E-state index contributed by atoms with van der Waals surface area (Å²) in [5.41, 5.74) is 5.53. The van der Waals surface area contributed by atoms with Gasteiger partial charge in [-0.25, -0.2) is 4.79 Å². The first-order chi connectivity index (χ1) is 7.85. The molecule has 17 heavy (non-hydrogen) atoms. The number of halogens is 3. The van der Waals surface area contributed by atoms with Crippen LogP contribution < -0.4 is 11.1 Å². The lowest BCUT2D eigenvalue weighted by Crippen LogP contribution is -2.56. The number of alkyl halides is 3. The van der Waals surface area contributed by atoms with Crippen LogP contribution >= 0.6 is 0 Å². The number of amides is 2. The summed E-state index contributed by atoms with van der Waals surface area (Å²) in [7, 11) is 0. The van der Waals surface area contributed by atoms with Gasteiger partial charge in [-0.15, -0.1) is 0 Å². The molecule has 2 atom stereocenters. The number of likely N-dealkylation sites (tertiary alicyclic amines) is 1. The minimum atomic E-state index is -4.38. The third kappa shape index (κ3) is 4.07. The summed E-state index contributed by atoms with van der Waals surface area (Å²) in [5.74, 6) is 0. The summed E-state index contributed by atoms with van der Waals surface area (Å²) >= 11 is 0. The van der Waals surface area contributed by atoms with Gasteiger partial charge in [0.2, 0.25) is 0 Å². The second-order valence-electron chi connectivity index (χ2n) is 4.35. The first-order valence-corrected chi connectivity index (χ1v) is 5.68. The van der Waals surface area contributed by atoms with E-state index in [1.54, 1.807) is 0 Å². The molecule has 2 unspecified atom stereocenters. The van der Waals surface area contributed by atoms with Crippen molar-refractivity contribution in [1.29, 1.82) is 0 Å². The molecule has 0 aromatic heterocycles. The molecule has 2 amide bonds. The number of rotatable bonds is 2. The Morgan fingerprint density at radius 1 is 1.47 bits per heavy atom. The third-order valence-corrected chi connectivity index (χ3v) is 2.97. The molecule has 0 aromatic carbocycles. The Morgan fingerprint density at radius 2 is 2.12 bits per heavy atom. The van der Waals surface area contributed by atoms with Gasteiger partial charge < -0.3 is 16.0 Å². The van der Waals surface area contributed by atoms with Crippen molar-refractivity contribution in [3.8, 4) is 0 Å². The summed E-state index contributed by atoms with van der Waals surface area (Å²) in [5, 5.41) is 1.89. The summed E-state index contributed by atoms with van der Waals surface area (Å²) in [6.45, 7) is 0.811. The van der Waals surface area contributed by atoms with Gasteiger partial charge in [-0.1, -0.05) is 0 Å². The zero-order chi connectivity index (χ0) is 13.1. The molecule has 1 fully saturated rings. The van der Waals surface area contributed by atoms with Gasteiger partial charge in [0.25, 0.3) is 0 Å². The van der Waals surface area contributed by atoms with E-state index in [4.69, 9.17) is 5.73 Å². The van der Waals surface area contributed by atoms with Crippen LogP contribution in [-0.2, 0) is 0 Å². The number of urea groups is 1. The maximum atomic E-state index is 12.0. The molecule has 1 rings (SSSR count). The highest BCUT2D eigenvalue weighted by molar-refractivity contribution is 5.75. The molecule has 0 saturated carbocycles. The highest BCUT2D eigenvalue weighted by atomic mass is 19.4. The van der Waals surface area contributed by atoms with E-state index < -0.39 is 18.8 Å². The maximum Gasteiger partial charge on any atom is 0.405 e. The van der Waals surface area contributed by atoms with Crippen molar-refractivity contribution >= 4 is 6.03 Å². The highest BCUT2D eigenvalue weighted by Gasteiger charge is 2.33. The largest absolute Gasteiger partial charge is 0.405 e. The number of hydrogen-bond acceptors (Lipinski definition) is 2. The van der Waals surface area contributed by atoms with Gasteiger partial charge in [0.1, 0.15) is 6.54 Å². The summed E-state index contributed by atoms with van der Waals surface area (Å²) in [6, 6.07) is -0.900. The number of carbonyl (C=O) groups is 1. The molecule has 0 aliphatic carbocycles. The molecule has 0 bridgehead atoms. The lowest BCUT2D eigenvalue weighted by molar-refractivity contribution is -0.123. The molecule has 0 spiro atoms. The predicted octanol–water partition coefficient (Wildman–Crippen LogP) is 1.46. The fraction of sp³-hybridized carbons (Fsp3) is 0.900. The van der Waals surface area contributed by atoms with Crippen LogP contribution in [0.5, 0.6) is 0 Å². The van der Waals surface area contributed by atoms with Gasteiger partial charge in [-0.3, -0.25) is 0 Å². The first-order valence-electron chi connectivity index (χ1n) is 5.68. The number of carbonyl (C=O) groups excluding carboxylic acids is 1. The van der Waals surface area contributed by atoms with Gasteiger partial charge in [-0.05, 0) is 26.2 Å². The highest BCUT2D eigenvalue weighted by Crippen LogP contribution is 2.22. The van der Waals surface area contributed by atoms with Crippen LogP contribution in [0.4, 0.5) is 18.0 Å². The number of hydrogen-bond donors (Lipinski definition) is 2. The summed E-state index contributed by atoms with van der Waals surface area (Å²) < 4.78 is 36.0. The van der Waals surface area contributed by atoms with Crippen molar-refractivity contribution in [3.05, 3.63) is 0 Å². The van der Waals surface area contributed by atoms with Crippen LogP contribution in [0.1, 0.15) is 26.2 Å². The minimum absolute atomic E-state index is 0.0643. The van der Waals surface area contributed by atoms with Gasteiger partial charge in [0.15, 0.2) is 0 Å². The van der Waals surface area contributed by atoms with Gasteiger partial charge in [0.05, 0.1) is 0 Å².